The Bertz CT molecular complexity index is 1230. The number of hydrogen-bond acceptors (Lipinski definition) is 6. The van der Waals surface area contributed by atoms with Crippen molar-refractivity contribution in [3.63, 3.8) is 0 Å². The molecule has 0 saturated carbocycles. The standard InChI is InChI=1S/C23H28N6O3S/c30-23(27-15-13-26(14-16-27)22-5-1-2-9-24-22)8-12-28-18-25-20-17-19(6-7-21(20)28)33(31,32)29-10-3-4-11-29/h1-2,5-7,9,17-18H,3-4,8,10-16H2. The van der Waals surface area contributed by atoms with Gasteiger partial charge in [-0.05, 0) is 43.2 Å². The minimum Gasteiger partial charge on any atom is -0.353 e. The molecule has 1 amide bonds. The lowest BCUT2D eigenvalue weighted by Gasteiger charge is -2.35. The van der Waals surface area contributed by atoms with Crippen molar-refractivity contribution in [1.82, 2.24) is 23.7 Å². The number of piperazine rings is 1. The number of fused-ring (bicyclic) bond motifs is 1. The van der Waals surface area contributed by atoms with Gasteiger partial charge in [-0.1, -0.05) is 6.07 Å². The average Bonchev–Trinajstić information content (AvgIpc) is 3.54. The molecule has 0 atom stereocenters. The van der Waals surface area contributed by atoms with Crippen molar-refractivity contribution >= 4 is 32.8 Å². The maximum atomic E-state index is 12.8. The molecule has 2 fully saturated rings. The van der Waals surface area contributed by atoms with E-state index < -0.39 is 10.0 Å². The van der Waals surface area contributed by atoms with Crippen LogP contribution in [-0.2, 0) is 21.4 Å². The molecule has 0 radical (unpaired) electrons. The number of hydrogen-bond donors (Lipinski definition) is 0. The van der Waals surface area contributed by atoms with Crippen molar-refractivity contribution in [3.05, 3.63) is 48.9 Å². The molecule has 4 heterocycles. The van der Waals surface area contributed by atoms with Crippen LogP contribution >= 0.6 is 0 Å². The second-order valence-corrected chi connectivity index (χ2v) is 10.4. The minimum atomic E-state index is -3.47. The van der Waals surface area contributed by atoms with Crippen LogP contribution in [0.4, 0.5) is 5.82 Å². The van der Waals surface area contributed by atoms with Crippen LogP contribution in [0.2, 0.25) is 0 Å². The molecule has 2 saturated heterocycles. The number of imidazole rings is 1. The highest BCUT2D eigenvalue weighted by Gasteiger charge is 2.27. The number of amides is 1. The zero-order chi connectivity index (χ0) is 22.8. The van der Waals surface area contributed by atoms with Crippen LogP contribution in [0, 0.1) is 0 Å². The highest BCUT2D eigenvalue weighted by Crippen LogP contribution is 2.24. The molecule has 0 spiro atoms. The summed E-state index contributed by atoms with van der Waals surface area (Å²) in [5, 5.41) is 0. The third-order valence-corrected chi connectivity index (χ3v) is 8.36. The molecule has 2 aliphatic heterocycles. The van der Waals surface area contributed by atoms with E-state index in [1.54, 1.807) is 30.7 Å². The first-order valence-corrected chi connectivity index (χ1v) is 12.9. The van der Waals surface area contributed by atoms with Gasteiger partial charge in [0.1, 0.15) is 5.82 Å². The first-order chi connectivity index (χ1) is 16.0. The normalized spacial score (nSPS) is 17.7. The Morgan fingerprint density at radius 2 is 1.73 bits per heavy atom. The smallest absolute Gasteiger partial charge is 0.243 e. The van der Waals surface area contributed by atoms with Gasteiger partial charge in [-0.25, -0.2) is 18.4 Å². The predicted molar refractivity (Wildman–Crippen MR) is 125 cm³/mol. The van der Waals surface area contributed by atoms with E-state index in [2.05, 4.69) is 14.9 Å². The molecule has 1 aromatic carbocycles. The first kappa shape index (κ1) is 21.8. The molecule has 3 aromatic rings. The van der Waals surface area contributed by atoms with Gasteiger partial charge in [0.15, 0.2) is 0 Å². The van der Waals surface area contributed by atoms with Crippen LogP contribution in [0.25, 0.3) is 11.0 Å². The highest BCUT2D eigenvalue weighted by atomic mass is 32.2. The first-order valence-electron chi connectivity index (χ1n) is 11.4. The zero-order valence-corrected chi connectivity index (χ0v) is 19.3. The molecule has 2 aromatic heterocycles. The lowest BCUT2D eigenvalue weighted by atomic mass is 10.2. The summed E-state index contributed by atoms with van der Waals surface area (Å²) in [5.74, 6) is 1.06. The van der Waals surface area contributed by atoms with E-state index in [1.165, 1.54) is 4.31 Å². The van der Waals surface area contributed by atoms with Gasteiger partial charge in [0, 0.05) is 58.4 Å². The summed E-state index contributed by atoms with van der Waals surface area (Å²) in [4.78, 5) is 25.9. The summed E-state index contributed by atoms with van der Waals surface area (Å²) in [6, 6.07) is 10.9. The highest BCUT2D eigenvalue weighted by molar-refractivity contribution is 7.89. The van der Waals surface area contributed by atoms with E-state index in [1.807, 2.05) is 27.7 Å². The number of pyridine rings is 1. The van der Waals surface area contributed by atoms with Crippen molar-refractivity contribution in [3.8, 4) is 0 Å². The monoisotopic (exact) mass is 468 g/mol. The number of benzene rings is 1. The Kier molecular flexibility index (Phi) is 6.03. The Balaban J connectivity index is 1.20. The second kappa shape index (κ2) is 9.11. The van der Waals surface area contributed by atoms with Crippen LogP contribution in [0.3, 0.4) is 0 Å². The van der Waals surface area contributed by atoms with Crippen molar-refractivity contribution < 1.29 is 13.2 Å². The lowest BCUT2D eigenvalue weighted by molar-refractivity contribution is -0.131. The number of carbonyl (C=O) groups excluding carboxylic acids is 1. The predicted octanol–water partition coefficient (Wildman–Crippen LogP) is 1.95. The molecular formula is C23H28N6O3S. The van der Waals surface area contributed by atoms with E-state index in [-0.39, 0.29) is 10.8 Å². The van der Waals surface area contributed by atoms with Gasteiger partial charge < -0.3 is 14.4 Å². The SMILES string of the molecule is O=C(CCn1cnc2cc(S(=O)(=O)N3CCCC3)ccc21)N1CCN(c2ccccn2)CC1. The number of carbonyl (C=O) groups is 1. The summed E-state index contributed by atoms with van der Waals surface area (Å²) >= 11 is 0. The van der Waals surface area contributed by atoms with Crippen molar-refractivity contribution in [2.75, 3.05) is 44.2 Å². The fourth-order valence-electron chi connectivity index (χ4n) is 4.56. The largest absolute Gasteiger partial charge is 0.353 e. The summed E-state index contributed by atoms with van der Waals surface area (Å²) in [6.45, 7) is 4.56. The number of rotatable bonds is 6. The average molecular weight is 469 g/mol. The van der Waals surface area contributed by atoms with Gasteiger partial charge in [0.25, 0.3) is 0 Å². The number of aryl methyl sites for hydroxylation is 1. The quantitative estimate of drug-likeness (QED) is 0.549. The van der Waals surface area contributed by atoms with Gasteiger partial charge in [-0.15, -0.1) is 0 Å². The van der Waals surface area contributed by atoms with E-state index in [9.17, 15) is 13.2 Å². The molecular weight excluding hydrogens is 440 g/mol. The van der Waals surface area contributed by atoms with Gasteiger partial charge in [-0.2, -0.15) is 4.31 Å². The summed E-state index contributed by atoms with van der Waals surface area (Å²) in [6.07, 6.45) is 5.66. The van der Waals surface area contributed by atoms with Gasteiger partial charge in [-0.3, -0.25) is 4.79 Å². The van der Waals surface area contributed by atoms with E-state index in [0.717, 1.165) is 37.3 Å². The van der Waals surface area contributed by atoms with Crippen LogP contribution < -0.4 is 4.90 Å². The third-order valence-electron chi connectivity index (χ3n) is 6.47. The topological polar surface area (TPSA) is 91.6 Å². The molecule has 0 N–H and O–H groups in total. The number of nitrogens with zero attached hydrogens (tertiary/aromatic N) is 6. The molecule has 0 aliphatic carbocycles. The maximum Gasteiger partial charge on any atom is 0.243 e. The fraction of sp³-hybridized carbons (Fsp3) is 0.435. The molecule has 0 unspecified atom stereocenters. The number of anilines is 1. The lowest BCUT2D eigenvalue weighted by Crippen LogP contribution is -2.49. The molecule has 5 rings (SSSR count). The summed E-state index contributed by atoms with van der Waals surface area (Å²) in [5.41, 5.74) is 1.47. The Labute approximate surface area is 193 Å². The Hall–Kier alpha value is -2.98. The van der Waals surface area contributed by atoms with E-state index in [0.29, 0.717) is 44.7 Å². The molecule has 0 bridgehead atoms. The third kappa shape index (κ3) is 4.45. The molecule has 2 aliphatic rings. The molecule has 10 heteroatoms. The van der Waals surface area contributed by atoms with Crippen LogP contribution in [-0.4, -0.2) is 77.3 Å². The second-order valence-electron chi connectivity index (χ2n) is 8.51. The van der Waals surface area contributed by atoms with Gasteiger partial charge >= 0.3 is 0 Å². The van der Waals surface area contributed by atoms with Gasteiger partial charge in [0.2, 0.25) is 15.9 Å². The minimum absolute atomic E-state index is 0.116. The molecule has 174 valence electrons. The number of aromatic nitrogens is 3. The number of sulfonamides is 1. The van der Waals surface area contributed by atoms with Crippen LogP contribution in [0.5, 0.6) is 0 Å². The van der Waals surface area contributed by atoms with E-state index in [4.69, 9.17) is 0 Å². The van der Waals surface area contributed by atoms with Crippen molar-refractivity contribution in [2.24, 2.45) is 0 Å². The zero-order valence-electron chi connectivity index (χ0n) is 18.5. The molecule has 9 nitrogen and oxygen atoms in total. The van der Waals surface area contributed by atoms with E-state index >= 15 is 0 Å². The fourth-order valence-corrected chi connectivity index (χ4v) is 6.10. The summed E-state index contributed by atoms with van der Waals surface area (Å²) in [7, 11) is -3.47. The van der Waals surface area contributed by atoms with Gasteiger partial charge in [0.05, 0.1) is 22.3 Å². The van der Waals surface area contributed by atoms with Crippen LogP contribution in [0.15, 0.2) is 53.8 Å². The molecule has 33 heavy (non-hydrogen) atoms. The maximum absolute atomic E-state index is 12.8. The Morgan fingerprint density at radius 3 is 2.45 bits per heavy atom. The van der Waals surface area contributed by atoms with Crippen LogP contribution in [0.1, 0.15) is 19.3 Å². The van der Waals surface area contributed by atoms with Crippen molar-refractivity contribution in [1.29, 1.82) is 0 Å². The van der Waals surface area contributed by atoms with Crippen molar-refractivity contribution in [2.45, 2.75) is 30.7 Å². The summed E-state index contributed by atoms with van der Waals surface area (Å²) < 4.78 is 29.1. The Morgan fingerprint density at radius 1 is 0.939 bits per heavy atom.